The smallest absolute Gasteiger partial charge is 0.333 e. The van der Waals surface area contributed by atoms with E-state index in [9.17, 15) is 9.59 Å². The Morgan fingerprint density at radius 1 is 1.47 bits per heavy atom. The van der Waals surface area contributed by atoms with Crippen LogP contribution in [0, 0.1) is 0 Å². The van der Waals surface area contributed by atoms with Crippen molar-refractivity contribution in [1.82, 2.24) is 0 Å². The fraction of sp³-hybridized carbons (Fsp3) is 0.692. The molecule has 2 aliphatic rings. The first-order valence-corrected chi connectivity index (χ1v) is 6.01. The number of hydrogen-bond acceptors (Lipinski definition) is 6. The van der Waals surface area contributed by atoms with Crippen LogP contribution < -0.4 is 0 Å². The molecule has 6 heteroatoms. The summed E-state index contributed by atoms with van der Waals surface area (Å²) in [6.07, 6.45) is -1.65. The number of fused-ring (bicyclic) bond motifs is 1. The predicted octanol–water partition coefficient (Wildman–Crippen LogP) is 0.941. The van der Waals surface area contributed by atoms with Crippen LogP contribution in [0.5, 0.6) is 0 Å². The van der Waals surface area contributed by atoms with E-state index in [1.54, 1.807) is 19.9 Å². The minimum Gasteiger partial charge on any atom is -0.466 e. The first kappa shape index (κ1) is 12.6. The summed E-state index contributed by atoms with van der Waals surface area (Å²) < 4.78 is 29.4. The van der Waals surface area contributed by atoms with Gasteiger partial charge in [-0.2, -0.15) is 0 Å². The number of ether oxygens (including phenoxy) is 4. The fourth-order valence-corrected chi connectivity index (χ4v) is 2.26. The van der Waals surface area contributed by atoms with Crippen LogP contribution in [0.4, 0.5) is 0 Å². The first-order chi connectivity index (χ1) is 9.17. The van der Waals surface area contributed by atoms with Crippen molar-refractivity contribution in [1.29, 1.82) is 0 Å². The second-order valence-electron chi connectivity index (χ2n) is 4.94. The topological polar surface area (TPSA) is 71.1 Å². The molecule has 0 aromatic heterocycles. The lowest BCUT2D eigenvalue weighted by atomic mass is 9.92. The highest BCUT2D eigenvalue weighted by Gasteiger charge is 2.48. The molecule has 0 radical (unpaired) electrons. The van der Waals surface area contributed by atoms with Crippen molar-refractivity contribution in [3.05, 3.63) is 11.6 Å². The molecule has 1 saturated heterocycles. The Balaban J connectivity index is 2.36. The van der Waals surface area contributed by atoms with Crippen LogP contribution in [0.3, 0.4) is 0 Å². The molecule has 106 valence electrons. The van der Waals surface area contributed by atoms with Crippen molar-refractivity contribution in [2.45, 2.75) is 51.3 Å². The normalized spacial score (nSPS) is 36.8. The van der Waals surface area contributed by atoms with Gasteiger partial charge in [0.1, 0.15) is 18.3 Å². The average molecular weight is 271 g/mol. The van der Waals surface area contributed by atoms with Crippen molar-refractivity contribution < 1.29 is 29.9 Å². The Bertz CT molecular complexity index is 471. The minimum absolute atomic E-state index is 0.0974. The van der Waals surface area contributed by atoms with Crippen LogP contribution in [0.25, 0.3) is 0 Å². The Kier molecular flexibility index (Phi) is 3.28. The second-order valence-corrected chi connectivity index (χ2v) is 4.94. The molecule has 1 heterocycles. The summed E-state index contributed by atoms with van der Waals surface area (Å²) in [5.41, 5.74) is 0.242. The summed E-state index contributed by atoms with van der Waals surface area (Å²) in [7, 11) is 1.25. The second kappa shape index (κ2) is 4.94. The van der Waals surface area contributed by atoms with E-state index in [-0.39, 0.29) is 12.0 Å². The van der Waals surface area contributed by atoms with Crippen molar-refractivity contribution in [3.63, 3.8) is 0 Å². The molecule has 2 rings (SSSR count). The highest BCUT2D eigenvalue weighted by Crippen LogP contribution is 2.37. The van der Waals surface area contributed by atoms with E-state index < -0.39 is 36.0 Å². The van der Waals surface area contributed by atoms with Gasteiger partial charge < -0.3 is 18.9 Å². The number of esters is 2. The van der Waals surface area contributed by atoms with E-state index in [1.165, 1.54) is 14.0 Å². The highest BCUT2D eigenvalue weighted by atomic mass is 16.8. The van der Waals surface area contributed by atoms with Crippen LogP contribution >= 0.6 is 0 Å². The lowest BCUT2D eigenvalue weighted by molar-refractivity contribution is -0.169. The zero-order valence-corrected chi connectivity index (χ0v) is 11.4. The van der Waals surface area contributed by atoms with Gasteiger partial charge in [-0.1, -0.05) is 0 Å². The van der Waals surface area contributed by atoms with E-state index in [4.69, 9.17) is 15.6 Å². The molecule has 0 aromatic carbocycles. The SMILES string of the molecule is [2H][C@]1(OC(C)=O)CC(C(=O)OC)=C[C@H]2OC(C)(C)O[C@H]21. The Hall–Kier alpha value is -1.40. The van der Waals surface area contributed by atoms with Gasteiger partial charge in [-0.25, -0.2) is 4.79 Å². The van der Waals surface area contributed by atoms with Crippen LogP contribution in [-0.2, 0) is 28.5 Å². The monoisotopic (exact) mass is 271 g/mol. The molecule has 3 atom stereocenters. The molecule has 0 unspecified atom stereocenters. The third kappa shape index (κ3) is 2.96. The minimum atomic E-state index is -1.71. The van der Waals surface area contributed by atoms with Crippen molar-refractivity contribution >= 4 is 11.9 Å². The number of carbonyl (C=O) groups excluding carboxylic acids is 2. The summed E-state index contributed by atoms with van der Waals surface area (Å²) in [6.45, 7) is 4.61. The molecule has 1 fully saturated rings. The molecule has 1 aliphatic carbocycles. The maximum Gasteiger partial charge on any atom is 0.333 e. The third-order valence-electron chi connectivity index (χ3n) is 2.90. The van der Waals surface area contributed by atoms with Crippen LogP contribution in [0.15, 0.2) is 11.6 Å². The first-order valence-electron chi connectivity index (χ1n) is 6.51. The molecular formula is C13H18O6. The Labute approximate surface area is 113 Å². The van der Waals surface area contributed by atoms with E-state index in [0.29, 0.717) is 0 Å². The van der Waals surface area contributed by atoms with Crippen molar-refractivity contribution in [2.24, 2.45) is 0 Å². The fourth-order valence-electron chi connectivity index (χ4n) is 2.26. The van der Waals surface area contributed by atoms with Gasteiger partial charge in [0.25, 0.3) is 0 Å². The van der Waals surface area contributed by atoms with Crippen molar-refractivity contribution in [3.8, 4) is 0 Å². The van der Waals surface area contributed by atoms with E-state index in [2.05, 4.69) is 4.74 Å². The maximum absolute atomic E-state index is 11.7. The zero-order chi connectivity index (χ0) is 15.1. The Morgan fingerprint density at radius 2 is 2.16 bits per heavy atom. The molecule has 0 N–H and O–H groups in total. The molecule has 0 saturated carbocycles. The summed E-state index contributed by atoms with van der Waals surface area (Å²) in [4.78, 5) is 22.9. The van der Waals surface area contributed by atoms with Crippen LogP contribution in [0.2, 0.25) is 0 Å². The summed E-state index contributed by atoms with van der Waals surface area (Å²) in [6, 6.07) is 0. The van der Waals surface area contributed by atoms with Gasteiger partial charge in [0.2, 0.25) is 0 Å². The number of methoxy groups -OCH3 is 1. The molecular weight excluding hydrogens is 252 g/mol. The average Bonchev–Trinajstić information content (AvgIpc) is 2.62. The van der Waals surface area contributed by atoms with Gasteiger partial charge in [0.05, 0.1) is 8.48 Å². The largest absolute Gasteiger partial charge is 0.466 e. The molecule has 0 spiro atoms. The molecule has 0 aromatic rings. The van der Waals surface area contributed by atoms with Gasteiger partial charge in [-0.05, 0) is 19.9 Å². The lowest BCUT2D eigenvalue weighted by Crippen LogP contribution is -2.42. The Morgan fingerprint density at radius 3 is 2.74 bits per heavy atom. The number of rotatable bonds is 2. The summed E-state index contributed by atoms with van der Waals surface area (Å²) in [5.74, 6) is -2.09. The van der Waals surface area contributed by atoms with Gasteiger partial charge >= 0.3 is 11.9 Å². The van der Waals surface area contributed by atoms with E-state index >= 15 is 0 Å². The quantitative estimate of drug-likeness (QED) is 0.696. The lowest BCUT2D eigenvalue weighted by Gasteiger charge is -2.29. The van der Waals surface area contributed by atoms with Gasteiger partial charge in [0.15, 0.2) is 5.79 Å². The number of carbonyl (C=O) groups is 2. The number of hydrogen-bond donors (Lipinski definition) is 0. The van der Waals surface area contributed by atoms with Gasteiger partial charge in [-0.15, -0.1) is 0 Å². The third-order valence-corrected chi connectivity index (χ3v) is 2.90. The van der Waals surface area contributed by atoms with Crippen LogP contribution in [-0.4, -0.2) is 43.1 Å². The molecule has 6 nitrogen and oxygen atoms in total. The molecule has 0 amide bonds. The van der Waals surface area contributed by atoms with Crippen molar-refractivity contribution in [2.75, 3.05) is 7.11 Å². The van der Waals surface area contributed by atoms with Gasteiger partial charge in [-0.3, -0.25) is 4.79 Å². The van der Waals surface area contributed by atoms with Gasteiger partial charge in [0, 0.05) is 18.9 Å². The zero-order valence-electron chi connectivity index (χ0n) is 12.4. The summed E-state index contributed by atoms with van der Waals surface area (Å²) in [5, 5.41) is 0. The molecule has 0 bridgehead atoms. The predicted molar refractivity (Wildman–Crippen MR) is 64.1 cm³/mol. The highest BCUT2D eigenvalue weighted by molar-refractivity contribution is 5.89. The van der Waals surface area contributed by atoms with E-state index in [1.807, 2.05) is 0 Å². The summed E-state index contributed by atoms with van der Waals surface area (Å²) >= 11 is 0. The molecule has 19 heavy (non-hydrogen) atoms. The van der Waals surface area contributed by atoms with E-state index in [0.717, 1.165) is 0 Å². The maximum atomic E-state index is 11.7. The molecule has 1 aliphatic heterocycles. The van der Waals surface area contributed by atoms with Crippen LogP contribution in [0.1, 0.15) is 28.6 Å². The standard InChI is InChI=1S/C13H18O6/c1-7(14)17-9-5-8(12(15)16-4)6-10-11(9)19-13(2,3)18-10/h6,9-11H,5H2,1-4H3/t9-,10+,11-/m0/s1/i9D.